The van der Waals surface area contributed by atoms with E-state index in [-0.39, 0.29) is 0 Å². The molecule has 2 heterocycles. The van der Waals surface area contributed by atoms with E-state index in [0.717, 1.165) is 22.2 Å². The van der Waals surface area contributed by atoms with Gasteiger partial charge in [-0.1, -0.05) is 18.2 Å². The highest BCUT2D eigenvalue weighted by Crippen LogP contribution is 2.30. The molecule has 152 valence electrons. The molecule has 0 bridgehead atoms. The Balaban J connectivity index is 2.05. The number of hydrogen-bond acceptors (Lipinski definition) is 6. The number of primary sulfonamides is 1. The fourth-order valence-electron chi connectivity index (χ4n) is 3.25. The van der Waals surface area contributed by atoms with E-state index in [1.54, 1.807) is 13.8 Å². The number of benzene rings is 1. The topological polar surface area (TPSA) is 126 Å². The Morgan fingerprint density at radius 2 is 1.93 bits per heavy atom. The summed E-state index contributed by atoms with van der Waals surface area (Å²) >= 11 is 0. The number of nitrogen functional groups attached to an aromatic ring is 1. The third-order valence-electron chi connectivity index (χ3n) is 5.06. The summed E-state index contributed by atoms with van der Waals surface area (Å²) < 4.78 is 30.2. The van der Waals surface area contributed by atoms with E-state index in [1.807, 2.05) is 31.2 Å². The normalized spacial score (nSPS) is 12.9. The zero-order valence-corrected chi connectivity index (χ0v) is 17.3. The Labute approximate surface area is 164 Å². The van der Waals surface area contributed by atoms with Crippen molar-refractivity contribution >= 4 is 37.8 Å². The van der Waals surface area contributed by atoms with Gasteiger partial charge in [0.15, 0.2) is 5.82 Å². The van der Waals surface area contributed by atoms with Crippen LogP contribution in [0.3, 0.4) is 0 Å². The predicted octanol–water partition coefficient (Wildman–Crippen LogP) is 2.55. The SMILES string of the molecule is CCOCc1nc2c(N)nc3ccccc3c2n1CCCC(C)(C)S(N)(=O)=O. The number of fused-ring (bicyclic) bond motifs is 3. The maximum absolute atomic E-state index is 11.8. The Hall–Kier alpha value is -2.23. The quantitative estimate of drug-likeness (QED) is 0.593. The van der Waals surface area contributed by atoms with Gasteiger partial charge in [-0.25, -0.2) is 23.5 Å². The molecule has 4 N–H and O–H groups in total. The highest BCUT2D eigenvalue weighted by atomic mass is 32.2. The zero-order chi connectivity index (χ0) is 20.5. The summed E-state index contributed by atoms with van der Waals surface area (Å²) in [5, 5.41) is 6.31. The second-order valence-electron chi connectivity index (χ2n) is 7.44. The van der Waals surface area contributed by atoms with Crippen LogP contribution in [-0.2, 0) is 27.9 Å². The molecule has 1 aromatic carbocycles. The van der Waals surface area contributed by atoms with E-state index in [1.165, 1.54) is 0 Å². The van der Waals surface area contributed by atoms with Crippen molar-refractivity contribution in [1.29, 1.82) is 0 Å². The average Bonchev–Trinajstić information content (AvgIpc) is 2.98. The molecule has 0 saturated heterocycles. The van der Waals surface area contributed by atoms with E-state index < -0.39 is 14.8 Å². The summed E-state index contributed by atoms with van der Waals surface area (Å²) in [5.74, 6) is 1.12. The summed E-state index contributed by atoms with van der Waals surface area (Å²) in [7, 11) is -3.63. The van der Waals surface area contributed by atoms with Gasteiger partial charge in [-0.05, 0) is 39.7 Å². The van der Waals surface area contributed by atoms with Crippen molar-refractivity contribution in [3.8, 4) is 0 Å². The van der Waals surface area contributed by atoms with Gasteiger partial charge in [-0.3, -0.25) is 0 Å². The van der Waals surface area contributed by atoms with Gasteiger partial charge in [0.25, 0.3) is 0 Å². The number of hydrogen-bond donors (Lipinski definition) is 2. The van der Waals surface area contributed by atoms with Gasteiger partial charge >= 0.3 is 0 Å². The first-order chi connectivity index (χ1) is 13.2. The Morgan fingerprint density at radius 3 is 2.61 bits per heavy atom. The molecule has 0 fully saturated rings. The van der Waals surface area contributed by atoms with Crippen molar-refractivity contribution in [3.63, 3.8) is 0 Å². The number of aryl methyl sites for hydroxylation is 1. The molecule has 0 unspecified atom stereocenters. The first-order valence-corrected chi connectivity index (χ1v) is 10.8. The number of imidazole rings is 1. The molecule has 0 atom stereocenters. The molecule has 0 spiro atoms. The van der Waals surface area contributed by atoms with Crippen LogP contribution in [0.25, 0.3) is 21.9 Å². The average molecular weight is 406 g/mol. The van der Waals surface area contributed by atoms with Gasteiger partial charge in [0, 0.05) is 18.5 Å². The number of nitrogens with zero attached hydrogens (tertiary/aromatic N) is 3. The first kappa shape index (κ1) is 20.5. The fraction of sp³-hybridized carbons (Fsp3) is 0.474. The second kappa shape index (κ2) is 7.65. The van der Waals surface area contributed by atoms with Crippen LogP contribution in [0.5, 0.6) is 0 Å². The molecule has 2 aromatic heterocycles. The number of ether oxygens (including phenoxy) is 1. The van der Waals surface area contributed by atoms with Gasteiger partial charge in [0.2, 0.25) is 10.0 Å². The largest absolute Gasteiger partial charge is 0.382 e. The van der Waals surface area contributed by atoms with E-state index in [9.17, 15) is 8.42 Å². The minimum atomic E-state index is -3.63. The van der Waals surface area contributed by atoms with Gasteiger partial charge < -0.3 is 15.0 Å². The van der Waals surface area contributed by atoms with E-state index in [4.69, 9.17) is 15.6 Å². The molecule has 28 heavy (non-hydrogen) atoms. The summed E-state index contributed by atoms with van der Waals surface area (Å²) in [5.41, 5.74) is 8.49. The summed E-state index contributed by atoms with van der Waals surface area (Å²) in [4.78, 5) is 9.13. The molecule has 3 rings (SSSR count). The lowest BCUT2D eigenvalue weighted by atomic mass is 10.1. The number of para-hydroxylation sites is 1. The van der Waals surface area contributed by atoms with Crippen molar-refractivity contribution < 1.29 is 13.2 Å². The Bertz CT molecular complexity index is 1110. The highest BCUT2D eigenvalue weighted by molar-refractivity contribution is 7.90. The van der Waals surface area contributed by atoms with Crippen molar-refractivity contribution in [2.45, 2.75) is 51.5 Å². The third kappa shape index (κ3) is 3.82. The van der Waals surface area contributed by atoms with Gasteiger partial charge in [-0.15, -0.1) is 0 Å². The van der Waals surface area contributed by atoms with E-state index in [0.29, 0.717) is 43.9 Å². The van der Waals surface area contributed by atoms with Crippen molar-refractivity contribution in [2.24, 2.45) is 5.14 Å². The number of anilines is 1. The fourth-order valence-corrected chi connectivity index (χ4v) is 3.68. The molecular weight excluding hydrogens is 378 g/mol. The van der Waals surface area contributed by atoms with Crippen molar-refractivity contribution in [2.75, 3.05) is 12.3 Å². The van der Waals surface area contributed by atoms with Gasteiger partial charge in [0.05, 0.1) is 15.8 Å². The highest BCUT2D eigenvalue weighted by Gasteiger charge is 2.30. The standard InChI is InChI=1S/C19H27N5O3S/c1-4-27-12-15-23-16-17(13-8-5-6-9-14(13)22-18(16)20)24(15)11-7-10-19(2,3)28(21,25)26/h5-6,8-9H,4,7,10-12H2,1-3H3,(H2,20,22)(H2,21,25,26). The number of aromatic nitrogens is 3. The van der Waals surface area contributed by atoms with Crippen LogP contribution >= 0.6 is 0 Å². The number of rotatable bonds is 8. The predicted molar refractivity (Wildman–Crippen MR) is 111 cm³/mol. The Kier molecular flexibility index (Phi) is 5.60. The van der Waals surface area contributed by atoms with Gasteiger partial charge in [0.1, 0.15) is 17.9 Å². The lowest BCUT2D eigenvalue weighted by molar-refractivity contribution is 0.126. The number of sulfonamides is 1. The monoisotopic (exact) mass is 405 g/mol. The molecule has 0 radical (unpaired) electrons. The van der Waals surface area contributed by atoms with Crippen LogP contribution in [0, 0.1) is 0 Å². The van der Waals surface area contributed by atoms with Crippen LogP contribution in [0.1, 0.15) is 39.4 Å². The molecule has 9 heteroatoms. The van der Waals surface area contributed by atoms with Crippen molar-refractivity contribution in [3.05, 3.63) is 30.1 Å². The lowest BCUT2D eigenvalue weighted by Gasteiger charge is -2.22. The lowest BCUT2D eigenvalue weighted by Crippen LogP contribution is -2.37. The summed E-state index contributed by atoms with van der Waals surface area (Å²) in [6.45, 7) is 6.70. The van der Waals surface area contributed by atoms with Crippen LogP contribution in [0.4, 0.5) is 5.82 Å². The maximum atomic E-state index is 11.8. The molecule has 0 aliphatic heterocycles. The molecular formula is C19H27N5O3S. The number of pyridine rings is 1. The molecule has 0 saturated carbocycles. The minimum absolute atomic E-state index is 0.345. The van der Waals surface area contributed by atoms with Crippen LogP contribution in [0.15, 0.2) is 24.3 Å². The summed E-state index contributed by atoms with van der Waals surface area (Å²) in [6, 6.07) is 7.76. The third-order valence-corrected chi connectivity index (χ3v) is 6.80. The molecule has 8 nitrogen and oxygen atoms in total. The molecule has 3 aromatic rings. The molecule has 0 amide bonds. The van der Waals surface area contributed by atoms with Crippen LogP contribution < -0.4 is 10.9 Å². The van der Waals surface area contributed by atoms with E-state index in [2.05, 4.69) is 14.5 Å². The minimum Gasteiger partial charge on any atom is -0.382 e. The maximum Gasteiger partial charge on any atom is 0.214 e. The molecule has 0 aliphatic rings. The van der Waals surface area contributed by atoms with Crippen LogP contribution in [-0.4, -0.2) is 34.3 Å². The smallest absolute Gasteiger partial charge is 0.214 e. The second-order valence-corrected chi connectivity index (χ2v) is 9.63. The van der Waals surface area contributed by atoms with Crippen molar-refractivity contribution in [1.82, 2.24) is 14.5 Å². The first-order valence-electron chi connectivity index (χ1n) is 9.29. The van der Waals surface area contributed by atoms with E-state index >= 15 is 0 Å². The summed E-state index contributed by atoms with van der Waals surface area (Å²) in [6.07, 6.45) is 1.04. The zero-order valence-electron chi connectivity index (χ0n) is 16.5. The molecule has 0 aliphatic carbocycles. The Morgan fingerprint density at radius 1 is 1.21 bits per heavy atom. The number of nitrogens with two attached hydrogens (primary N) is 2. The van der Waals surface area contributed by atoms with Gasteiger partial charge in [-0.2, -0.15) is 0 Å². The van der Waals surface area contributed by atoms with Crippen LogP contribution in [0.2, 0.25) is 0 Å².